The molecule has 0 fully saturated rings. The van der Waals surface area contributed by atoms with Crippen molar-refractivity contribution >= 4 is 39.4 Å². The van der Waals surface area contributed by atoms with E-state index in [4.69, 9.17) is 11.1 Å². The number of aliphatic hydroxyl groups excluding tert-OH is 1. The number of hydrogen-bond donors (Lipinski definition) is 6. The van der Waals surface area contributed by atoms with Crippen LogP contribution in [0.3, 0.4) is 0 Å². The molecule has 0 saturated carbocycles. The molecule has 2 unspecified atom stereocenters. The van der Waals surface area contributed by atoms with Crippen molar-refractivity contribution in [3.63, 3.8) is 0 Å². The van der Waals surface area contributed by atoms with E-state index in [1.54, 1.807) is 38.1 Å². The zero-order valence-corrected chi connectivity index (χ0v) is 21.1. The van der Waals surface area contributed by atoms with Crippen LogP contribution in [0.1, 0.15) is 38.3 Å². The van der Waals surface area contributed by atoms with Crippen LogP contribution in [-0.4, -0.2) is 67.1 Å². The Morgan fingerprint density at radius 1 is 1.15 bits per heavy atom. The summed E-state index contributed by atoms with van der Waals surface area (Å²) in [6, 6.07) is 4.49. The minimum absolute atomic E-state index is 0.0536. The van der Waals surface area contributed by atoms with Crippen LogP contribution in [0.25, 0.3) is 0 Å². The summed E-state index contributed by atoms with van der Waals surface area (Å²) in [6.07, 6.45) is 0.898. The molecule has 0 aliphatic heterocycles. The second kappa shape index (κ2) is 13.5. The predicted octanol–water partition coefficient (Wildman–Crippen LogP) is 0.150. The number of rotatable bonds is 14. The van der Waals surface area contributed by atoms with Crippen LogP contribution in [-0.2, 0) is 26.2 Å². The molecule has 2 amide bonds. The van der Waals surface area contributed by atoms with Crippen molar-refractivity contribution in [1.82, 2.24) is 15.4 Å². The van der Waals surface area contributed by atoms with Gasteiger partial charge in [-0.05, 0) is 36.8 Å². The number of carbonyl (C=O) groups excluding carboxylic acids is 2. The largest absolute Gasteiger partial charge is 0.391 e. The van der Waals surface area contributed by atoms with Crippen molar-refractivity contribution in [2.75, 3.05) is 17.8 Å². The lowest BCUT2D eigenvalue weighted by Crippen LogP contribution is -2.57. The van der Waals surface area contributed by atoms with E-state index in [0.29, 0.717) is 17.7 Å². The van der Waals surface area contributed by atoms with E-state index in [1.807, 2.05) is 6.26 Å². The number of nitrogens with one attached hydrogen (secondary N) is 4. The highest BCUT2D eigenvalue weighted by atomic mass is 32.2. The van der Waals surface area contributed by atoms with Crippen LogP contribution in [0.5, 0.6) is 0 Å². The van der Waals surface area contributed by atoms with Gasteiger partial charge in [-0.25, -0.2) is 13.1 Å². The van der Waals surface area contributed by atoms with Crippen molar-refractivity contribution < 1.29 is 23.1 Å². The van der Waals surface area contributed by atoms with Crippen molar-refractivity contribution in [3.05, 3.63) is 35.4 Å². The summed E-state index contributed by atoms with van der Waals surface area (Å²) < 4.78 is 26.8. The fourth-order valence-corrected chi connectivity index (χ4v) is 5.07. The van der Waals surface area contributed by atoms with Gasteiger partial charge < -0.3 is 21.5 Å². The van der Waals surface area contributed by atoms with E-state index in [-0.39, 0.29) is 24.1 Å². The van der Waals surface area contributed by atoms with Gasteiger partial charge in [-0.2, -0.15) is 11.8 Å². The minimum Gasteiger partial charge on any atom is -0.391 e. The molecule has 10 nitrogen and oxygen atoms in total. The van der Waals surface area contributed by atoms with Gasteiger partial charge in [-0.3, -0.25) is 15.0 Å². The normalized spacial score (nSPS) is 14.4. The molecular weight excluding hydrogens is 466 g/mol. The molecular formula is C21H35N5O5S2. The van der Waals surface area contributed by atoms with Crippen LogP contribution in [0.2, 0.25) is 0 Å². The average molecular weight is 502 g/mol. The molecule has 33 heavy (non-hydrogen) atoms. The lowest BCUT2D eigenvalue weighted by molar-refractivity contribution is -0.131. The van der Waals surface area contributed by atoms with E-state index < -0.39 is 40.0 Å². The average Bonchev–Trinajstić information content (AvgIpc) is 2.72. The molecule has 0 spiro atoms. The Morgan fingerprint density at radius 2 is 1.76 bits per heavy atom. The summed E-state index contributed by atoms with van der Waals surface area (Å²) in [7, 11) is -3.80. The lowest BCUT2D eigenvalue weighted by atomic mass is 10.1. The van der Waals surface area contributed by atoms with E-state index in [9.17, 15) is 23.1 Å². The molecule has 1 rings (SSSR count). The number of thioether (sulfide) groups is 1. The van der Waals surface area contributed by atoms with Gasteiger partial charge in [-0.15, -0.1) is 0 Å². The number of amides is 2. The van der Waals surface area contributed by atoms with Gasteiger partial charge in [0.05, 0.1) is 11.9 Å². The Balaban J connectivity index is 2.86. The molecule has 1 aromatic carbocycles. The smallest absolute Gasteiger partial charge is 0.242 e. The highest BCUT2D eigenvalue weighted by Crippen LogP contribution is 2.07. The fourth-order valence-electron chi connectivity index (χ4n) is 2.93. The van der Waals surface area contributed by atoms with Gasteiger partial charge in [-0.1, -0.05) is 38.1 Å². The van der Waals surface area contributed by atoms with Crippen LogP contribution < -0.4 is 21.1 Å². The van der Waals surface area contributed by atoms with Gasteiger partial charge >= 0.3 is 0 Å². The molecule has 0 saturated heterocycles. The van der Waals surface area contributed by atoms with Crippen molar-refractivity contribution in [2.24, 2.45) is 11.7 Å². The molecule has 0 aliphatic rings. The number of benzene rings is 1. The van der Waals surface area contributed by atoms with Crippen LogP contribution in [0.15, 0.2) is 24.3 Å². The second-order valence-electron chi connectivity index (χ2n) is 8.18. The van der Waals surface area contributed by atoms with Crippen molar-refractivity contribution in [3.8, 4) is 0 Å². The Kier molecular flexibility index (Phi) is 11.8. The number of nitrogen functional groups attached to an aromatic ring is 1. The number of hydrogen-bond acceptors (Lipinski definition) is 7. The highest BCUT2D eigenvalue weighted by Gasteiger charge is 2.31. The van der Waals surface area contributed by atoms with Gasteiger partial charge in [0.2, 0.25) is 21.8 Å². The van der Waals surface area contributed by atoms with Crippen LogP contribution >= 0.6 is 11.8 Å². The monoisotopic (exact) mass is 501 g/mol. The topological polar surface area (TPSA) is 174 Å². The second-order valence-corrected chi connectivity index (χ2v) is 11.0. The maximum absolute atomic E-state index is 12.8. The molecule has 1 aromatic rings. The lowest BCUT2D eigenvalue weighted by Gasteiger charge is -2.25. The van der Waals surface area contributed by atoms with Gasteiger partial charge in [0.25, 0.3) is 0 Å². The third kappa shape index (κ3) is 10.5. The molecule has 186 valence electrons. The summed E-state index contributed by atoms with van der Waals surface area (Å²) in [5.74, 6) is -1.02. The molecule has 0 heterocycles. The Hall–Kier alpha value is -2.15. The highest BCUT2D eigenvalue weighted by molar-refractivity contribution is 7.98. The fraction of sp³-hybridized carbons (Fsp3) is 0.571. The minimum atomic E-state index is -3.80. The van der Waals surface area contributed by atoms with Crippen LogP contribution in [0.4, 0.5) is 0 Å². The van der Waals surface area contributed by atoms with Gasteiger partial charge in [0, 0.05) is 12.1 Å². The Bertz CT molecular complexity index is 904. The first kappa shape index (κ1) is 28.9. The molecule has 3 atom stereocenters. The summed E-state index contributed by atoms with van der Waals surface area (Å²) in [6.45, 7) is 4.97. The summed E-state index contributed by atoms with van der Waals surface area (Å²) >= 11 is 1.50. The van der Waals surface area contributed by atoms with Crippen molar-refractivity contribution in [2.45, 2.75) is 51.9 Å². The van der Waals surface area contributed by atoms with E-state index in [2.05, 4.69) is 15.4 Å². The summed E-state index contributed by atoms with van der Waals surface area (Å²) in [5, 5.41) is 22.8. The van der Waals surface area contributed by atoms with Gasteiger partial charge in [0.1, 0.15) is 17.9 Å². The Labute approximate surface area is 200 Å². The first-order valence-corrected chi connectivity index (χ1v) is 13.6. The molecule has 7 N–H and O–H groups in total. The molecule has 0 aliphatic carbocycles. The number of nitrogens with two attached hydrogens (primary N) is 1. The number of amidine groups is 1. The van der Waals surface area contributed by atoms with Crippen molar-refractivity contribution in [1.29, 1.82) is 5.41 Å². The first-order chi connectivity index (χ1) is 15.4. The number of sulfonamides is 1. The van der Waals surface area contributed by atoms with Gasteiger partial charge in [0.15, 0.2) is 0 Å². The number of aliphatic hydroxyl groups is 1. The zero-order valence-electron chi connectivity index (χ0n) is 19.4. The molecule has 0 aromatic heterocycles. The van der Waals surface area contributed by atoms with E-state index in [0.717, 1.165) is 5.56 Å². The predicted molar refractivity (Wildman–Crippen MR) is 131 cm³/mol. The maximum atomic E-state index is 12.8. The number of carbonyl (C=O) groups is 2. The zero-order chi connectivity index (χ0) is 25.2. The van der Waals surface area contributed by atoms with E-state index in [1.165, 1.54) is 18.7 Å². The maximum Gasteiger partial charge on any atom is 0.242 e. The standard InChI is InChI=1S/C21H35N5O5S2/c1-13(2)12-33(30,31)26-18(14(3)27)21(29)25-17(9-10-32-4)20(28)24-11-15-5-7-16(8-6-15)19(22)23/h5-8,13-14,17-18,26-27H,9-12H2,1-4H3,(H3,22,23)(H,24,28)(H,25,29)/t14?,17-,18?/m0/s1. The third-order valence-electron chi connectivity index (χ3n) is 4.60. The first-order valence-electron chi connectivity index (χ1n) is 10.5. The molecule has 12 heteroatoms. The third-order valence-corrected chi connectivity index (χ3v) is 6.96. The SMILES string of the molecule is CSCC[C@H](NC(=O)C(NS(=O)(=O)CC(C)C)C(C)O)C(=O)NCc1ccc(C(=N)N)cc1. The Morgan fingerprint density at radius 3 is 2.24 bits per heavy atom. The summed E-state index contributed by atoms with van der Waals surface area (Å²) in [5.41, 5.74) is 6.79. The molecule has 0 bridgehead atoms. The van der Waals surface area contributed by atoms with Crippen LogP contribution in [0, 0.1) is 11.3 Å². The quantitative estimate of drug-likeness (QED) is 0.155. The molecule has 0 radical (unpaired) electrons. The summed E-state index contributed by atoms with van der Waals surface area (Å²) in [4.78, 5) is 25.6. The van der Waals surface area contributed by atoms with E-state index >= 15 is 0 Å².